The highest BCUT2D eigenvalue weighted by Gasteiger charge is 2.38. The van der Waals surface area contributed by atoms with Crippen molar-refractivity contribution in [3.05, 3.63) is 53.9 Å². The van der Waals surface area contributed by atoms with E-state index in [0.29, 0.717) is 12.6 Å². The molecule has 1 N–H and O–H groups in total. The van der Waals surface area contributed by atoms with Gasteiger partial charge in [-0.1, -0.05) is 18.2 Å². The van der Waals surface area contributed by atoms with E-state index < -0.39 is 15.3 Å². The second-order valence-electron chi connectivity index (χ2n) is 9.40. The van der Waals surface area contributed by atoms with Gasteiger partial charge >= 0.3 is 0 Å². The molecule has 3 aromatic rings. The highest BCUT2D eigenvalue weighted by molar-refractivity contribution is 7.89. The number of hydrogen-bond donors (Lipinski definition) is 1. The Morgan fingerprint density at radius 1 is 1.09 bits per heavy atom. The molecule has 168 valence electrons. The van der Waals surface area contributed by atoms with Gasteiger partial charge in [0.25, 0.3) is 0 Å². The van der Waals surface area contributed by atoms with Crippen molar-refractivity contribution in [2.75, 3.05) is 5.32 Å². The molecule has 2 saturated carbocycles. The predicted molar refractivity (Wildman–Crippen MR) is 129 cm³/mol. The lowest BCUT2D eigenvalue weighted by Crippen LogP contribution is -2.37. The number of anilines is 1. The monoisotopic (exact) mass is 450 g/mol. The summed E-state index contributed by atoms with van der Waals surface area (Å²) in [6.07, 6.45) is 5.89. The van der Waals surface area contributed by atoms with Crippen LogP contribution in [0.25, 0.3) is 22.0 Å². The molecule has 0 radical (unpaired) electrons. The number of nitrogens with one attached hydrogen (secondary N) is 1. The molecule has 2 aromatic carbocycles. The molecule has 32 heavy (non-hydrogen) atoms. The van der Waals surface area contributed by atoms with Crippen molar-refractivity contribution in [2.24, 2.45) is 0 Å². The summed E-state index contributed by atoms with van der Waals surface area (Å²) in [7, 11) is -3.29. The number of aryl methyl sites for hydroxylation is 1. The third kappa shape index (κ3) is 4.24. The molecule has 5 rings (SSSR count). The topological polar surface area (TPSA) is 75.2 Å². The van der Waals surface area contributed by atoms with Crippen LogP contribution in [0.1, 0.15) is 50.7 Å². The molecule has 0 aliphatic heterocycles. The third-order valence-electron chi connectivity index (χ3n) is 6.35. The van der Waals surface area contributed by atoms with Crippen LogP contribution in [0, 0.1) is 6.92 Å². The Balaban J connectivity index is 1.50. The fraction of sp³-hybridized carbons (Fsp3) is 0.440. The van der Waals surface area contributed by atoms with E-state index in [1.807, 2.05) is 12.1 Å². The minimum absolute atomic E-state index is 0.140. The maximum atomic E-state index is 12.9. The highest BCUT2D eigenvalue weighted by Crippen LogP contribution is 2.35. The summed E-state index contributed by atoms with van der Waals surface area (Å²) in [6, 6.07) is 13.2. The fourth-order valence-corrected chi connectivity index (χ4v) is 5.63. The van der Waals surface area contributed by atoms with Crippen LogP contribution >= 0.6 is 0 Å². The summed E-state index contributed by atoms with van der Waals surface area (Å²) >= 11 is 0. The highest BCUT2D eigenvalue weighted by atomic mass is 32.2. The number of fused-ring (bicyclic) bond motifs is 1. The van der Waals surface area contributed by atoms with Crippen LogP contribution in [0.3, 0.4) is 0 Å². The van der Waals surface area contributed by atoms with Crippen LogP contribution in [0.15, 0.2) is 42.7 Å². The van der Waals surface area contributed by atoms with Gasteiger partial charge in [0.15, 0.2) is 0 Å². The average molecular weight is 451 g/mol. The average Bonchev–Trinajstić information content (AvgIpc) is 3.67. The van der Waals surface area contributed by atoms with E-state index in [1.54, 1.807) is 24.5 Å². The lowest BCUT2D eigenvalue weighted by molar-refractivity contribution is 0.394. The van der Waals surface area contributed by atoms with Gasteiger partial charge in [-0.2, -0.15) is 4.31 Å². The number of nitrogens with zero attached hydrogens (tertiary/aromatic N) is 3. The molecule has 1 aromatic heterocycles. The molecule has 2 aliphatic carbocycles. The number of hydrogen-bond acceptors (Lipinski definition) is 5. The second-order valence-corrected chi connectivity index (χ2v) is 11.8. The molecule has 0 spiro atoms. The molecular formula is C25H30N4O2S. The van der Waals surface area contributed by atoms with Crippen LogP contribution in [-0.2, 0) is 16.6 Å². The summed E-state index contributed by atoms with van der Waals surface area (Å²) < 4.78 is 27.5. The van der Waals surface area contributed by atoms with Crippen molar-refractivity contribution in [2.45, 2.75) is 70.3 Å². The zero-order chi connectivity index (χ0) is 22.5. The molecule has 2 fully saturated rings. The van der Waals surface area contributed by atoms with Gasteiger partial charge in [-0.15, -0.1) is 0 Å². The molecule has 1 heterocycles. The molecule has 0 saturated heterocycles. The molecule has 0 atom stereocenters. The largest absolute Gasteiger partial charge is 0.367 e. The molecule has 0 unspecified atom stereocenters. The number of aromatic nitrogens is 2. The molecule has 2 aliphatic rings. The maximum Gasteiger partial charge on any atom is 0.216 e. The molecule has 0 amide bonds. The van der Waals surface area contributed by atoms with E-state index in [9.17, 15) is 8.42 Å². The first kappa shape index (κ1) is 21.3. The van der Waals surface area contributed by atoms with E-state index >= 15 is 0 Å². The standard InChI is InChI=1S/C25H30N4O2S/c1-16(2)32(30,31)29(21-9-10-21)14-18-5-4-6-19(12-18)22-13-23-24(11-17(22)3)26-15-27-25(23)28-20-7-8-20/h4-6,11-13,15-16,20-21H,7-10,14H2,1-3H3,(H,26,27,28). The van der Waals surface area contributed by atoms with Crippen LogP contribution in [-0.4, -0.2) is 40.0 Å². The van der Waals surface area contributed by atoms with Crippen molar-refractivity contribution < 1.29 is 8.42 Å². The first-order valence-electron chi connectivity index (χ1n) is 11.4. The number of rotatable bonds is 8. The van der Waals surface area contributed by atoms with Gasteiger partial charge in [-0.05, 0) is 86.9 Å². The van der Waals surface area contributed by atoms with Gasteiger partial charge in [0, 0.05) is 24.0 Å². The van der Waals surface area contributed by atoms with E-state index in [0.717, 1.165) is 51.8 Å². The summed E-state index contributed by atoms with van der Waals surface area (Å²) in [5.74, 6) is 0.887. The van der Waals surface area contributed by atoms with Gasteiger partial charge < -0.3 is 5.32 Å². The van der Waals surface area contributed by atoms with Crippen molar-refractivity contribution in [1.29, 1.82) is 0 Å². The second kappa shape index (κ2) is 8.12. The van der Waals surface area contributed by atoms with Gasteiger partial charge in [0.05, 0.1) is 10.8 Å². The van der Waals surface area contributed by atoms with Crippen molar-refractivity contribution >= 4 is 26.7 Å². The first-order chi connectivity index (χ1) is 15.3. The number of sulfonamides is 1. The normalized spacial score (nSPS) is 16.8. The van der Waals surface area contributed by atoms with Crippen LogP contribution < -0.4 is 5.32 Å². The first-order valence-corrected chi connectivity index (χ1v) is 12.9. The summed E-state index contributed by atoms with van der Waals surface area (Å²) in [6.45, 7) is 6.03. The maximum absolute atomic E-state index is 12.9. The Kier molecular flexibility index (Phi) is 5.42. The Morgan fingerprint density at radius 2 is 1.88 bits per heavy atom. The zero-order valence-corrected chi connectivity index (χ0v) is 19.7. The lowest BCUT2D eigenvalue weighted by Gasteiger charge is -2.24. The van der Waals surface area contributed by atoms with Crippen LogP contribution in [0.4, 0.5) is 5.82 Å². The van der Waals surface area contributed by atoms with E-state index in [1.165, 1.54) is 12.8 Å². The Labute approximate surface area is 190 Å². The van der Waals surface area contributed by atoms with Gasteiger partial charge in [-0.25, -0.2) is 18.4 Å². The lowest BCUT2D eigenvalue weighted by atomic mass is 9.97. The van der Waals surface area contributed by atoms with Gasteiger partial charge in [-0.3, -0.25) is 0 Å². The quantitative estimate of drug-likeness (QED) is 0.529. The molecule has 0 bridgehead atoms. The van der Waals surface area contributed by atoms with E-state index in [-0.39, 0.29) is 6.04 Å². The Morgan fingerprint density at radius 3 is 2.56 bits per heavy atom. The smallest absolute Gasteiger partial charge is 0.216 e. The summed E-state index contributed by atoms with van der Waals surface area (Å²) in [4.78, 5) is 8.95. The minimum atomic E-state index is -3.29. The number of benzene rings is 2. The van der Waals surface area contributed by atoms with E-state index in [4.69, 9.17) is 0 Å². The molecular weight excluding hydrogens is 420 g/mol. The molecule has 6 nitrogen and oxygen atoms in total. The van der Waals surface area contributed by atoms with Crippen molar-refractivity contribution in [3.63, 3.8) is 0 Å². The summed E-state index contributed by atoms with van der Waals surface area (Å²) in [5.41, 5.74) is 5.29. The SMILES string of the molecule is Cc1cc2ncnc(NC3CC3)c2cc1-c1cccc(CN(C2CC2)S(=O)(=O)C(C)C)c1. The third-order valence-corrected chi connectivity index (χ3v) is 8.63. The fourth-order valence-electron chi connectivity index (χ4n) is 4.13. The minimum Gasteiger partial charge on any atom is -0.367 e. The Bertz CT molecular complexity index is 1260. The zero-order valence-electron chi connectivity index (χ0n) is 18.9. The Hall–Kier alpha value is -2.51. The van der Waals surface area contributed by atoms with Gasteiger partial charge in [0.2, 0.25) is 10.0 Å². The van der Waals surface area contributed by atoms with Gasteiger partial charge in [0.1, 0.15) is 12.1 Å². The predicted octanol–water partition coefficient (Wildman–Crippen LogP) is 4.88. The van der Waals surface area contributed by atoms with Crippen molar-refractivity contribution in [1.82, 2.24) is 14.3 Å². The van der Waals surface area contributed by atoms with Crippen LogP contribution in [0.5, 0.6) is 0 Å². The van der Waals surface area contributed by atoms with Crippen molar-refractivity contribution in [3.8, 4) is 11.1 Å². The molecule has 7 heteroatoms. The van der Waals surface area contributed by atoms with E-state index in [2.05, 4.69) is 46.5 Å². The summed E-state index contributed by atoms with van der Waals surface area (Å²) in [5, 5.41) is 4.13. The van der Waals surface area contributed by atoms with Crippen LogP contribution in [0.2, 0.25) is 0 Å².